The number of nitrogens with zero attached hydrogens (tertiary/aromatic N) is 1. The lowest BCUT2D eigenvalue weighted by atomic mass is 9.70. The maximum absolute atomic E-state index is 2.53. The molecule has 0 amide bonds. The van der Waals surface area contributed by atoms with Crippen LogP contribution < -0.4 is 0 Å². The largest absolute Gasteiger partial charge is 0.309 e. The van der Waals surface area contributed by atoms with E-state index >= 15 is 0 Å². The van der Waals surface area contributed by atoms with E-state index in [9.17, 15) is 0 Å². The lowest BCUT2D eigenvalue weighted by Gasteiger charge is -2.30. The molecule has 13 aromatic carbocycles. The Bertz CT molecular complexity index is 4970. The van der Waals surface area contributed by atoms with E-state index in [2.05, 4.69) is 331 Å². The zero-order chi connectivity index (χ0) is 61.1. The summed E-state index contributed by atoms with van der Waals surface area (Å²) in [6.07, 6.45) is 2.16. The molecule has 0 radical (unpaired) electrons. The van der Waals surface area contributed by atoms with Crippen LogP contribution >= 0.6 is 0 Å². The van der Waals surface area contributed by atoms with E-state index in [1.807, 2.05) is 0 Å². The van der Waals surface area contributed by atoms with Crippen molar-refractivity contribution in [1.82, 2.24) is 4.57 Å². The number of fused-ring (bicyclic) bond motifs is 23. The molecule has 18 rings (SSSR count). The molecule has 0 atom stereocenters. The van der Waals surface area contributed by atoms with Gasteiger partial charge in [-0.2, -0.15) is 0 Å². The highest BCUT2D eigenvalue weighted by Gasteiger charge is 2.53. The first-order chi connectivity index (χ1) is 44.5. The van der Waals surface area contributed by atoms with Crippen LogP contribution in [0.1, 0.15) is 110 Å². The molecular weight excluding hydrogens is 1090 g/mol. The topological polar surface area (TPSA) is 4.93 Å². The lowest BCUT2D eigenvalue weighted by Crippen LogP contribution is -2.25. The SMILES string of the molecule is CCC(C)(C)c1cc(-c2cccc(-c3ccc(-n4c5ccc(-c6ccc7c(c6)C6(c8ccccc8-c8ccccc86)c6ccccc6-7)cc5c5cc(-c6ccc7c(c6)C6(c8ccccc8-c8ccccc86)c6ccccc6-7)ccc54)cc3)c2)cc(C(C)(C)CC)c1. The van der Waals surface area contributed by atoms with Crippen molar-refractivity contribution >= 4 is 21.8 Å². The minimum absolute atomic E-state index is 0.0701. The second-order valence-electron chi connectivity index (χ2n) is 27.5. The summed E-state index contributed by atoms with van der Waals surface area (Å²) in [7, 11) is 0. The fourth-order valence-corrected chi connectivity index (χ4v) is 16.9. The number of aromatic nitrogens is 1. The fourth-order valence-electron chi connectivity index (χ4n) is 16.9. The standard InChI is InChI=1S/C90H69N/c1-7-87(3,4)64-49-63(50-65(55-64)88(5,6)8-2)58-23-21-22-57(48-58)56-36-42-66(43-37-56)91-85-46-40-59(61-38-44-73-71-28-13-19-34-81(71)89(83(73)53-61)77-30-15-9-24-67(77)68-25-10-16-31-78(68)89)51-75(85)76-52-60(41-47-86(76)91)62-39-45-74-72-29-14-20-35-82(72)90(84(74)54-62)79-32-17-11-26-69(79)70-27-12-18-33-80(70)90/h9-55H,7-8H2,1-6H3. The molecule has 0 unspecified atom stereocenters. The van der Waals surface area contributed by atoms with E-state index in [0.29, 0.717) is 0 Å². The Morgan fingerprint density at radius 3 is 0.934 bits per heavy atom. The van der Waals surface area contributed by atoms with Crippen molar-refractivity contribution in [1.29, 1.82) is 0 Å². The Morgan fingerprint density at radius 2 is 0.560 bits per heavy atom. The Labute approximate surface area is 534 Å². The molecule has 0 saturated heterocycles. The van der Waals surface area contributed by atoms with Gasteiger partial charge in [-0.25, -0.2) is 0 Å². The van der Waals surface area contributed by atoms with Gasteiger partial charge in [0.05, 0.1) is 21.9 Å². The quantitative estimate of drug-likeness (QED) is 0.136. The Morgan fingerprint density at radius 1 is 0.253 bits per heavy atom. The average molecular weight is 1160 g/mol. The molecular formula is C90H69N. The molecule has 4 aliphatic rings. The molecule has 0 N–H and O–H groups in total. The molecule has 0 bridgehead atoms. The van der Waals surface area contributed by atoms with Crippen LogP contribution in [0.2, 0.25) is 0 Å². The van der Waals surface area contributed by atoms with Crippen molar-refractivity contribution in [3.63, 3.8) is 0 Å². The van der Waals surface area contributed by atoms with Crippen LogP contribution in [0.15, 0.2) is 285 Å². The van der Waals surface area contributed by atoms with Gasteiger partial charge in [0.1, 0.15) is 0 Å². The van der Waals surface area contributed by atoms with Crippen molar-refractivity contribution < 1.29 is 0 Å². The zero-order valence-corrected chi connectivity index (χ0v) is 52.5. The Balaban J connectivity index is 0.802. The molecule has 0 fully saturated rings. The van der Waals surface area contributed by atoms with Gasteiger partial charge in [0.2, 0.25) is 0 Å². The van der Waals surface area contributed by atoms with Crippen molar-refractivity contribution in [2.45, 2.75) is 76.0 Å². The average Bonchev–Trinajstić information content (AvgIpc) is 1.52. The second-order valence-corrected chi connectivity index (χ2v) is 27.5. The molecule has 4 aliphatic carbocycles. The van der Waals surface area contributed by atoms with Gasteiger partial charge in [0, 0.05) is 16.5 Å². The van der Waals surface area contributed by atoms with Crippen molar-refractivity contribution in [3.8, 4) is 94.7 Å². The highest BCUT2D eigenvalue weighted by atomic mass is 15.0. The third-order valence-corrected chi connectivity index (χ3v) is 22.3. The summed E-state index contributed by atoms with van der Waals surface area (Å²) in [6, 6.07) is 110. The van der Waals surface area contributed by atoms with Gasteiger partial charge in [0.25, 0.3) is 0 Å². The van der Waals surface area contributed by atoms with E-state index in [-0.39, 0.29) is 10.8 Å². The zero-order valence-electron chi connectivity index (χ0n) is 52.5. The van der Waals surface area contributed by atoms with Crippen molar-refractivity contribution in [3.05, 3.63) is 341 Å². The van der Waals surface area contributed by atoms with Gasteiger partial charge < -0.3 is 4.57 Å². The fraction of sp³-hybridized carbons (Fsp3) is 0.133. The molecule has 91 heavy (non-hydrogen) atoms. The van der Waals surface area contributed by atoms with Crippen LogP contribution in [0.4, 0.5) is 0 Å². The summed E-state index contributed by atoms with van der Waals surface area (Å²) in [5, 5.41) is 2.45. The molecule has 1 heteroatoms. The van der Waals surface area contributed by atoms with E-state index in [1.54, 1.807) is 0 Å². The van der Waals surface area contributed by atoms with Gasteiger partial charge in [-0.15, -0.1) is 0 Å². The van der Waals surface area contributed by atoms with Crippen LogP contribution in [0, 0.1) is 0 Å². The second kappa shape index (κ2) is 19.6. The minimum Gasteiger partial charge on any atom is -0.309 e. The molecule has 1 aromatic heterocycles. The maximum atomic E-state index is 2.53. The predicted octanol–water partition coefficient (Wildman–Crippen LogP) is 23.5. The lowest BCUT2D eigenvalue weighted by molar-refractivity contribution is 0.489. The number of rotatable bonds is 9. The van der Waals surface area contributed by atoms with E-state index in [4.69, 9.17) is 0 Å². The molecule has 2 spiro atoms. The molecule has 0 saturated carbocycles. The first kappa shape index (κ1) is 53.7. The minimum atomic E-state index is -0.428. The van der Waals surface area contributed by atoms with Crippen LogP contribution in [-0.2, 0) is 21.7 Å². The highest BCUT2D eigenvalue weighted by Crippen LogP contribution is 2.65. The van der Waals surface area contributed by atoms with Crippen LogP contribution in [0.5, 0.6) is 0 Å². The molecule has 1 heterocycles. The van der Waals surface area contributed by atoms with Gasteiger partial charge in [0.15, 0.2) is 0 Å². The number of hydrogen-bond acceptors (Lipinski definition) is 0. The Hall–Kier alpha value is -10.3. The summed E-state index contributed by atoms with van der Waals surface area (Å²) in [5.74, 6) is 0. The van der Waals surface area contributed by atoms with E-state index in [1.165, 1.54) is 166 Å². The predicted molar refractivity (Wildman–Crippen MR) is 382 cm³/mol. The van der Waals surface area contributed by atoms with Crippen molar-refractivity contribution in [2.75, 3.05) is 0 Å². The van der Waals surface area contributed by atoms with Crippen molar-refractivity contribution in [2.24, 2.45) is 0 Å². The smallest absolute Gasteiger partial charge is 0.0725 e. The van der Waals surface area contributed by atoms with Gasteiger partial charge >= 0.3 is 0 Å². The molecule has 14 aromatic rings. The first-order valence-corrected chi connectivity index (χ1v) is 32.8. The van der Waals surface area contributed by atoms with Gasteiger partial charge in [-0.05, 0) is 223 Å². The third-order valence-electron chi connectivity index (χ3n) is 22.3. The van der Waals surface area contributed by atoms with Crippen LogP contribution in [0.25, 0.3) is 117 Å². The van der Waals surface area contributed by atoms with Gasteiger partial charge in [-0.3, -0.25) is 0 Å². The molecule has 0 aliphatic heterocycles. The normalized spacial score (nSPS) is 14.1. The Kier molecular flexibility index (Phi) is 11.5. The maximum Gasteiger partial charge on any atom is 0.0725 e. The summed E-state index contributed by atoms with van der Waals surface area (Å²) in [4.78, 5) is 0. The highest BCUT2D eigenvalue weighted by molar-refractivity contribution is 6.12. The molecule has 1 nitrogen and oxygen atoms in total. The summed E-state index contributed by atoms with van der Waals surface area (Å²) >= 11 is 0. The summed E-state index contributed by atoms with van der Waals surface area (Å²) in [6.45, 7) is 14.2. The van der Waals surface area contributed by atoms with E-state index in [0.717, 1.165) is 18.5 Å². The molecule has 434 valence electrons. The summed E-state index contributed by atoms with van der Waals surface area (Å²) < 4.78 is 2.50. The monoisotopic (exact) mass is 1160 g/mol. The summed E-state index contributed by atoms with van der Waals surface area (Å²) in [5.41, 5.74) is 36.7. The number of benzene rings is 13. The first-order valence-electron chi connectivity index (χ1n) is 32.8. The van der Waals surface area contributed by atoms with Gasteiger partial charge in [-0.1, -0.05) is 272 Å². The third kappa shape index (κ3) is 7.47. The van der Waals surface area contributed by atoms with E-state index < -0.39 is 10.8 Å². The number of hydrogen-bond donors (Lipinski definition) is 0. The van der Waals surface area contributed by atoms with Crippen LogP contribution in [-0.4, -0.2) is 4.57 Å². The van der Waals surface area contributed by atoms with Crippen LogP contribution in [0.3, 0.4) is 0 Å².